The van der Waals surface area contributed by atoms with Crippen molar-refractivity contribution >= 4 is 0 Å². The third-order valence-corrected chi connectivity index (χ3v) is 2.50. The minimum absolute atomic E-state index is 0.341. The van der Waals surface area contributed by atoms with Crippen LogP contribution in [0.4, 0.5) is 0 Å². The van der Waals surface area contributed by atoms with Gasteiger partial charge in [-0.05, 0) is 31.6 Å². The highest BCUT2D eigenvalue weighted by Gasteiger charge is 2.20. The van der Waals surface area contributed by atoms with Crippen molar-refractivity contribution in [3.05, 3.63) is 12.7 Å². The maximum atomic E-state index is 8.90. The smallest absolute Gasteiger partial charge is 0.0648 e. The second-order valence-electron chi connectivity index (χ2n) is 3.45. The molecule has 1 saturated carbocycles. The minimum atomic E-state index is 0.341. The van der Waals surface area contributed by atoms with Crippen LogP contribution in [0.5, 0.6) is 0 Å². The molecule has 1 N–H and O–H groups in total. The summed E-state index contributed by atoms with van der Waals surface area (Å²) in [6.45, 7) is 4.61. The summed E-state index contributed by atoms with van der Waals surface area (Å²) in [4.78, 5) is 0. The average Bonchev–Trinajstić information content (AvgIpc) is 2.15. The van der Waals surface area contributed by atoms with Crippen LogP contribution >= 0.6 is 0 Å². The summed E-state index contributed by atoms with van der Waals surface area (Å²) in [7, 11) is 0. The lowest BCUT2D eigenvalue weighted by Crippen LogP contribution is -2.23. The van der Waals surface area contributed by atoms with E-state index in [9.17, 15) is 0 Å². The van der Waals surface area contributed by atoms with E-state index in [1.54, 1.807) is 6.08 Å². The van der Waals surface area contributed by atoms with Gasteiger partial charge in [0.2, 0.25) is 0 Å². The molecule has 0 bridgehead atoms. The summed E-state index contributed by atoms with van der Waals surface area (Å²) in [5.74, 6) is 0.522. The van der Waals surface area contributed by atoms with Crippen LogP contribution in [-0.4, -0.2) is 24.4 Å². The average molecular weight is 170 g/mol. The van der Waals surface area contributed by atoms with Gasteiger partial charge < -0.3 is 9.84 Å². The molecule has 0 saturated heterocycles. The SMILES string of the molecule is C=CCOC1CCC(CO)CC1. The Labute approximate surface area is 74.2 Å². The second kappa shape index (κ2) is 5.33. The summed E-state index contributed by atoms with van der Waals surface area (Å²) in [6.07, 6.45) is 6.61. The normalized spacial score (nSPS) is 30.1. The van der Waals surface area contributed by atoms with Crippen molar-refractivity contribution in [2.45, 2.75) is 31.8 Å². The van der Waals surface area contributed by atoms with Gasteiger partial charge >= 0.3 is 0 Å². The number of rotatable bonds is 4. The molecule has 12 heavy (non-hydrogen) atoms. The van der Waals surface area contributed by atoms with Gasteiger partial charge in [-0.2, -0.15) is 0 Å². The van der Waals surface area contributed by atoms with Gasteiger partial charge in [-0.25, -0.2) is 0 Å². The molecule has 0 atom stereocenters. The highest BCUT2D eigenvalue weighted by Crippen LogP contribution is 2.25. The van der Waals surface area contributed by atoms with Crippen molar-refractivity contribution in [3.63, 3.8) is 0 Å². The molecule has 1 aliphatic carbocycles. The molecule has 0 amide bonds. The highest BCUT2D eigenvalue weighted by atomic mass is 16.5. The number of aliphatic hydroxyl groups excluding tert-OH is 1. The Morgan fingerprint density at radius 2 is 2.00 bits per heavy atom. The Kier molecular flexibility index (Phi) is 4.33. The fourth-order valence-corrected chi connectivity index (χ4v) is 1.69. The van der Waals surface area contributed by atoms with Crippen molar-refractivity contribution in [1.82, 2.24) is 0 Å². The molecule has 1 aliphatic rings. The molecule has 0 spiro atoms. The summed E-state index contributed by atoms with van der Waals surface area (Å²) in [5, 5.41) is 8.90. The zero-order chi connectivity index (χ0) is 8.81. The van der Waals surface area contributed by atoms with Gasteiger partial charge in [-0.3, -0.25) is 0 Å². The van der Waals surface area contributed by atoms with Crippen LogP contribution in [0.15, 0.2) is 12.7 Å². The molecule has 0 aromatic carbocycles. The predicted octanol–water partition coefficient (Wildman–Crippen LogP) is 1.74. The Morgan fingerprint density at radius 1 is 1.33 bits per heavy atom. The number of aliphatic hydroxyl groups is 1. The zero-order valence-electron chi connectivity index (χ0n) is 7.54. The zero-order valence-corrected chi connectivity index (χ0v) is 7.54. The van der Waals surface area contributed by atoms with Crippen molar-refractivity contribution < 1.29 is 9.84 Å². The van der Waals surface area contributed by atoms with Crippen LogP contribution in [0.3, 0.4) is 0 Å². The molecule has 1 rings (SSSR count). The van der Waals surface area contributed by atoms with E-state index in [1.807, 2.05) is 0 Å². The Morgan fingerprint density at radius 3 is 2.50 bits per heavy atom. The van der Waals surface area contributed by atoms with Crippen molar-refractivity contribution in [2.24, 2.45) is 5.92 Å². The van der Waals surface area contributed by atoms with Crippen LogP contribution in [0.25, 0.3) is 0 Å². The standard InChI is InChI=1S/C10H18O2/c1-2-7-12-10-5-3-9(8-11)4-6-10/h2,9-11H,1,3-8H2. The molecule has 0 aromatic rings. The molecular weight excluding hydrogens is 152 g/mol. The highest BCUT2D eigenvalue weighted by molar-refractivity contribution is 4.74. The van der Waals surface area contributed by atoms with Gasteiger partial charge in [-0.1, -0.05) is 6.08 Å². The predicted molar refractivity (Wildman–Crippen MR) is 49.0 cm³/mol. The summed E-state index contributed by atoms with van der Waals surface area (Å²) in [6, 6.07) is 0. The van der Waals surface area contributed by atoms with Gasteiger partial charge in [0.15, 0.2) is 0 Å². The number of hydrogen-bond donors (Lipinski definition) is 1. The summed E-state index contributed by atoms with van der Waals surface area (Å²) >= 11 is 0. The van der Waals surface area contributed by atoms with E-state index in [-0.39, 0.29) is 0 Å². The van der Waals surface area contributed by atoms with Crippen LogP contribution in [0, 0.1) is 5.92 Å². The van der Waals surface area contributed by atoms with Gasteiger partial charge in [0.1, 0.15) is 0 Å². The molecule has 0 radical (unpaired) electrons. The van der Waals surface area contributed by atoms with Gasteiger partial charge in [0.25, 0.3) is 0 Å². The maximum Gasteiger partial charge on any atom is 0.0648 e. The van der Waals surface area contributed by atoms with Gasteiger partial charge in [-0.15, -0.1) is 6.58 Å². The quantitative estimate of drug-likeness (QED) is 0.651. The second-order valence-corrected chi connectivity index (χ2v) is 3.45. The lowest BCUT2D eigenvalue weighted by molar-refractivity contribution is 0.0264. The molecule has 2 nitrogen and oxygen atoms in total. The first kappa shape index (κ1) is 9.75. The molecule has 0 unspecified atom stereocenters. The first-order chi connectivity index (χ1) is 5.86. The lowest BCUT2D eigenvalue weighted by Gasteiger charge is -2.26. The topological polar surface area (TPSA) is 29.5 Å². The largest absolute Gasteiger partial charge is 0.396 e. The first-order valence-corrected chi connectivity index (χ1v) is 4.70. The fraction of sp³-hybridized carbons (Fsp3) is 0.800. The molecular formula is C10H18O2. The van der Waals surface area contributed by atoms with E-state index in [4.69, 9.17) is 9.84 Å². The fourth-order valence-electron chi connectivity index (χ4n) is 1.69. The third kappa shape index (κ3) is 2.95. The Bertz CT molecular complexity index is 126. The van der Waals surface area contributed by atoms with E-state index in [0.29, 0.717) is 25.2 Å². The monoisotopic (exact) mass is 170 g/mol. The Balaban J connectivity index is 2.12. The van der Waals surface area contributed by atoms with Crippen LogP contribution in [0.2, 0.25) is 0 Å². The molecule has 70 valence electrons. The van der Waals surface area contributed by atoms with Crippen LogP contribution in [-0.2, 0) is 4.74 Å². The molecule has 1 fully saturated rings. The minimum Gasteiger partial charge on any atom is -0.396 e. The molecule has 0 aliphatic heterocycles. The van der Waals surface area contributed by atoms with Crippen LogP contribution in [0.1, 0.15) is 25.7 Å². The Hall–Kier alpha value is -0.340. The molecule has 0 aromatic heterocycles. The summed E-state index contributed by atoms with van der Waals surface area (Å²) < 4.78 is 5.53. The third-order valence-electron chi connectivity index (χ3n) is 2.50. The molecule has 0 heterocycles. The molecule has 2 heteroatoms. The van der Waals surface area contributed by atoms with Crippen molar-refractivity contribution in [2.75, 3.05) is 13.2 Å². The number of hydrogen-bond acceptors (Lipinski definition) is 2. The van der Waals surface area contributed by atoms with E-state index < -0.39 is 0 Å². The van der Waals surface area contributed by atoms with Crippen LogP contribution < -0.4 is 0 Å². The van der Waals surface area contributed by atoms with Crippen molar-refractivity contribution in [3.8, 4) is 0 Å². The first-order valence-electron chi connectivity index (χ1n) is 4.70. The van der Waals surface area contributed by atoms with Crippen molar-refractivity contribution in [1.29, 1.82) is 0 Å². The van der Waals surface area contributed by atoms with E-state index in [2.05, 4.69) is 6.58 Å². The lowest BCUT2D eigenvalue weighted by atomic mass is 9.88. The van der Waals surface area contributed by atoms with Gasteiger partial charge in [0.05, 0.1) is 12.7 Å². The summed E-state index contributed by atoms with van der Waals surface area (Å²) in [5.41, 5.74) is 0. The van der Waals surface area contributed by atoms with E-state index in [1.165, 1.54) is 0 Å². The maximum absolute atomic E-state index is 8.90. The van der Waals surface area contributed by atoms with Gasteiger partial charge in [0, 0.05) is 6.61 Å². The van der Waals surface area contributed by atoms with E-state index >= 15 is 0 Å². The van der Waals surface area contributed by atoms with E-state index in [0.717, 1.165) is 25.7 Å². The number of ether oxygens (including phenoxy) is 1.